The summed E-state index contributed by atoms with van der Waals surface area (Å²) in [4.78, 5) is 15.4. The summed E-state index contributed by atoms with van der Waals surface area (Å²) in [6, 6.07) is 6.67. The lowest BCUT2D eigenvalue weighted by molar-refractivity contribution is 0.0697. The minimum absolute atomic E-state index is 0.221. The van der Waals surface area contributed by atoms with Gasteiger partial charge in [0, 0.05) is 23.3 Å². The molecule has 0 radical (unpaired) electrons. The van der Waals surface area contributed by atoms with E-state index in [0.29, 0.717) is 6.54 Å². The van der Waals surface area contributed by atoms with Crippen molar-refractivity contribution in [2.75, 3.05) is 11.9 Å². The Morgan fingerprint density at radius 3 is 2.79 bits per heavy atom. The smallest absolute Gasteiger partial charge is 0.335 e. The summed E-state index contributed by atoms with van der Waals surface area (Å²) in [5.41, 5.74) is 2.58. The number of aromatic carboxylic acids is 1. The summed E-state index contributed by atoms with van der Waals surface area (Å²) >= 11 is 0. The third-order valence-electron chi connectivity index (χ3n) is 2.77. The SMILES string of the molecule is Cc1cc(NCC(C)O)c2cc(C(=O)O)ccc2n1. The van der Waals surface area contributed by atoms with E-state index in [-0.39, 0.29) is 5.56 Å². The molecule has 2 rings (SSSR count). The van der Waals surface area contributed by atoms with Crippen molar-refractivity contribution in [1.29, 1.82) is 0 Å². The fourth-order valence-corrected chi connectivity index (χ4v) is 1.90. The highest BCUT2D eigenvalue weighted by molar-refractivity contribution is 5.98. The molecule has 1 aromatic carbocycles. The number of carboxylic acids is 1. The van der Waals surface area contributed by atoms with E-state index < -0.39 is 12.1 Å². The van der Waals surface area contributed by atoms with Gasteiger partial charge < -0.3 is 15.5 Å². The van der Waals surface area contributed by atoms with Crippen molar-refractivity contribution in [2.45, 2.75) is 20.0 Å². The molecule has 5 nitrogen and oxygen atoms in total. The number of anilines is 1. The first-order chi connectivity index (χ1) is 8.97. The molecule has 19 heavy (non-hydrogen) atoms. The van der Waals surface area contributed by atoms with Crippen LogP contribution in [0.25, 0.3) is 10.9 Å². The number of aliphatic hydroxyl groups excluding tert-OH is 1. The highest BCUT2D eigenvalue weighted by Gasteiger charge is 2.09. The predicted molar refractivity (Wildman–Crippen MR) is 73.6 cm³/mol. The zero-order valence-electron chi connectivity index (χ0n) is 10.8. The van der Waals surface area contributed by atoms with Crippen LogP contribution in [0.2, 0.25) is 0 Å². The summed E-state index contributed by atoms with van der Waals surface area (Å²) in [7, 11) is 0. The number of aliphatic hydroxyl groups is 1. The number of nitrogens with zero attached hydrogens (tertiary/aromatic N) is 1. The van der Waals surface area contributed by atoms with E-state index in [2.05, 4.69) is 10.3 Å². The Balaban J connectivity index is 2.52. The number of aromatic nitrogens is 1. The zero-order valence-corrected chi connectivity index (χ0v) is 10.8. The summed E-state index contributed by atoms with van der Waals surface area (Å²) in [5, 5.41) is 22.2. The minimum Gasteiger partial charge on any atom is -0.478 e. The zero-order chi connectivity index (χ0) is 14.0. The third kappa shape index (κ3) is 3.00. The molecular formula is C14H16N2O3. The Morgan fingerprint density at radius 1 is 1.42 bits per heavy atom. The molecule has 1 aromatic heterocycles. The third-order valence-corrected chi connectivity index (χ3v) is 2.77. The lowest BCUT2D eigenvalue weighted by Gasteiger charge is -2.12. The van der Waals surface area contributed by atoms with Crippen LogP contribution in [0.15, 0.2) is 24.3 Å². The predicted octanol–water partition coefficient (Wildman–Crippen LogP) is 2.03. The molecule has 0 aliphatic heterocycles. The molecule has 0 bridgehead atoms. The fourth-order valence-electron chi connectivity index (χ4n) is 1.90. The van der Waals surface area contributed by atoms with Crippen molar-refractivity contribution in [3.63, 3.8) is 0 Å². The number of rotatable bonds is 4. The van der Waals surface area contributed by atoms with Crippen LogP contribution >= 0.6 is 0 Å². The van der Waals surface area contributed by atoms with Crippen LogP contribution in [0.5, 0.6) is 0 Å². The average Bonchev–Trinajstić information content (AvgIpc) is 2.35. The van der Waals surface area contributed by atoms with Gasteiger partial charge in [0.1, 0.15) is 0 Å². The van der Waals surface area contributed by atoms with Crippen LogP contribution in [0, 0.1) is 6.92 Å². The highest BCUT2D eigenvalue weighted by atomic mass is 16.4. The van der Waals surface area contributed by atoms with E-state index in [1.807, 2.05) is 13.0 Å². The maximum Gasteiger partial charge on any atom is 0.335 e. The molecule has 0 saturated heterocycles. The largest absolute Gasteiger partial charge is 0.478 e. The molecule has 0 aliphatic carbocycles. The summed E-state index contributed by atoms with van der Waals surface area (Å²) < 4.78 is 0. The number of hydrogen-bond donors (Lipinski definition) is 3. The molecule has 0 aliphatic rings. The molecule has 1 heterocycles. The summed E-state index contributed by atoms with van der Waals surface area (Å²) in [5.74, 6) is -0.969. The normalized spacial score (nSPS) is 12.4. The van der Waals surface area contributed by atoms with E-state index in [1.54, 1.807) is 19.1 Å². The second-order valence-corrected chi connectivity index (χ2v) is 4.58. The number of aryl methyl sites for hydroxylation is 1. The maximum absolute atomic E-state index is 11.0. The van der Waals surface area contributed by atoms with Crippen molar-refractivity contribution in [1.82, 2.24) is 4.98 Å². The molecule has 100 valence electrons. The highest BCUT2D eigenvalue weighted by Crippen LogP contribution is 2.24. The fraction of sp³-hybridized carbons (Fsp3) is 0.286. The van der Waals surface area contributed by atoms with E-state index in [4.69, 9.17) is 5.11 Å². The van der Waals surface area contributed by atoms with Crippen molar-refractivity contribution >= 4 is 22.6 Å². The molecule has 0 saturated carbocycles. The number of nitrogens with one attached hydrogen (secondary N) is 1. The van der Waals surface area contributed by atoms with Gasteiger partial charge in [0.25, 0.3) is 0 Å². The lowest BCUT2D eigenvalue weighted by atomic mass is 10.1. The lowest BCUT2D eigenvalue weighted by Crippen LogP contribution is -2.15. The molecule has 1 unspecified atom stereocenters. The van der Waals surface area contributed by atoms with Crippen LogP contribution in [0.3, 0.4) is 0 Å². The van der Waals surface area contributed by atoms with Crippen molar-refractivity contribution in [3.05, 3.63) is 35.5 Å². The van der Waals surface area contributed by atoms with Gasteiger partial charge in [-0.2, -0.15) is 0 Å². The van der Waals surface area contributed by atoms with Gasteiger partial charge in [-0.1, -0.05) is 0 Å². The Morgan fingerprint density at radius 2 is 2.16 bits per heavy atom. The van der Waals surface area contributed by atoms with Gasteiger partial charge in [0.15, 0.2) is 0 Å². The van der Waals surface area contributed by atoms with Crippen molar-refractivity contribution in [3.8, 4) is 0 Å². The quantitative estimate of drug-likeness (QED) is 0.783. The number of fused-ring (bicyclic) bond motifs is 1. The molecule has 0 amide bonds. The van der Waals surface area contributed by atoms with Gasteiger partial charge in [-0.25, -0.2) is 4.79 Å². The van der Waals surface area contributed by atoms with Crippen molar-refractivity contribution < 1.29 is 15.0 Å². The first kappa shape index (κ1) is 13.3. The van der Waals surface area contributed by atoms with Gasteiger partial charge in [0.2, 0.25) is 0 Å². The summed E-state index contributed by atoms with van der Waals surface area (Å²) in [6.45, 7) is 3.96. The Hall–Kier alpha value is -2.14. The van der Waals surface area contributed by atoms with Gasteiger partial charge >= 0.3 is 5.97 Å². The number of hydrogen-bond acceptors (Lipinski definition) is 4. The molecule has 0 spiro atoms. The number of carbonyl (C=O) groups is 1. The van der Waals surface area contributed by atoms with E-state index in [0.717, 1.165) is 22.3 Å². The summed E-state index contributed by atoms with van der Waals surface area (Å²) in [6.07, 6.45) is -0.480. The second kappa shape index (κ2) is 5.24. The van der Waals surface area contributed by atoms with Crippen LogP contribution in [0.1, 0.15) is 23.0 Å². The molecule has 0 fully saturated rings. The minimum atomic E-state index is -0.969. The monoisotopic (exact) mass is 260 g/mol. The topological polar surface area (TPSA) is 82.5 Å². The van der Waals surface area contributed by atoms with E-state index >= 15 is 0 Å². The van der Waals surface area contributed by atoms with Crippen LogP contribution < -0.4 is 5.32 Å². The Labute approximate surface area is 110 Å². The second-order valence-electron chi connectivity index (χ2n) is 4.58. The van der Waals surface area contributed by atoms with Crippen LogP contribution in [0.4, 0.5) is 5.69 Å². The standard InChI is InChI=1S/C14H16N2O3/c1-8-5-13(15-7-9(2)17)11-6-10(14(18)19)3-4-12(11)16-8/h3-6,9,17H,7H2,1-2H3,(H,15,16)(H,18,19). The number of pyridine rings is 1. The first-order valence-corrected chi connectivity index (χ1v) is 6.04. The van der Waals surface area contributed by atoms with Gasteiger partial charge in [0.05, 0.1) is 17.2 Å². The average molecular weight is 260 g/mol. The molecule has 5 heteroatoms. The maximum atomic E-state index is 11.0. The van der Waals surface area contributed by atoms with Gasteiger partial charge in [-0.15, -0.1) is 0 Å². The van der Waals surface area contributed by atoms with Crippen LogP contribution in [-0.4, -0.2) is 33.8 Å². The Kier molecular flexibility index (Phi) is 3.66. The van der Waals surface area contributed by atoms with E-state index in [1.165, 1.54) is 6.07 Å². The van der Waals surface area contributed by atoms with Gasteiger partial charge in [-0.05, 0) is 38.1 Å². The number of carboxylic acid groups (broad SMARTS) is 1. The molecule has 2 aromatic rings. The number of benzene rings is 1. The van der Waals surface area contributed by atoms with Gasteiger partial charge in [-0.3, -0.25) is 4.98 Å². The van der Waals surface area contributed by atoms with Crippen LogP contribution in [-0.2, 0) is 0 Å². The van der Waals surface area contributed by atoms with E-state index in [9.17, 15) is 9.90 Å². The first-order valence-electron chi connectivity index (χ1n) is 6.04. The van der Waals surface area contributed by atoms with Crippen molar-refractivity contribution in [2.24, 2.45) is 0 Å². The Bertz CT molecular complexity index is 623. The molecule has 1 atom stereocenters. The molecular weight excluding hydrogens is 244 g/mol. The molecule has 3 N–H and O–H groups in total.